The van der Waals surface area contributed by atoms with E-state index >= 15 is 0 Å². The summed E-state index contributed by atoms with van der Waals surface area (Å²) in [5.41, 5.74) is 10.5. The monoisotopic (exact) mass is 668 g/mol. The van der Waals surface area contributed by atoms with E-state index < -0.39 is 5.41 Å². The first kappa shape index (κ1) is 31.2. The normalized spacial score (nSPS) is 12.5. The summed E-state index contributed by atoms with van der Waals surface area (Å²) in [6, 6.07) is 77.3. The van der Waals surface area contributed by atoms with Crippen molar-refractivity contribution in [1.82, 2.24) is 0 Å². The van der Waals surface area contributed by atoms with Gasteiger partial charge in [0.15, 0.2) is 0 Å². The van der Waals surface area contributed by atoms with Gasteiger partial charge in [0.1, 0.15) is 11.5 Å². The van der Waals surface area contributed by atoms with E-state index in [1.807, 2.05) is 0 Å². The van der Waals surface area contributed by atoms with E-state index in [1.165, 1.54) is 0 Å². The average molecular weight is 669 g/mol. The third-order valence-corrected chi connectivity index (χ3v) is 9.98. The van der Waals surface area contributed by atoms with Crippen LogP contribution >= 0.6 is 0 Å². The van der Waals surface area contributed by atoms with Gasteiger partial charge >= 0.3 is 0 Å². The van der Waals surface area contributed by atoms with Crippen molar-refractivity contribution in [2.24, 2.45) is 0 Å². The summed E-state index contributed by atoms with van der Waals surface area (Å²) in [5.74, 6) is 1.72. The van der Waals surface area contributed by atoms with Gasteiger partial charge in [-0.2, -0.15) is 0 Å². The summed E-state index contributed by atoms with van der Waals surface area (Å²) >= 11 is 0. The lowest BCUT2D eigenvalue weighted by Gasteiger charge is -2.42. The molecule has 0 radical (unpaired) electrons. The summed E-state index contributed by atoms with van der Waals surface area (Å²) in [6.07, 6.45) is 0. The number of anilines is 6. The molecular formula is C49H36N2O. The maximum Gasteiger partial charge on any atom is 0.132 e. The second kappa shape index (κ2) is 13.5. The Morgan fingerprint density at radius 2 is 0.538 bits per heavy atom. The van der Waals surface area contributed by atoms with Crippen LogP contribution in [0.5, 0.6) is 11.5 Å². The van der Waals surface area contributed by atoms with E-state index in [0.29, 0.717) is 0 Å². The second-order valence-corrected chi connectivity index (χ2v) is 13.0. The molecule has 0 atom stereocenters. The van der Waals surface area contributed by atoms with Gasteiger partial charge in [-0.25, -0.2) is 0 Å². The van der Waals surface area contributed by atoms with Crippen LogP contribution in [-0.4, -0.2) is 0 Å². The number of hydrogen-bond donors (Lipinski definition) is 0. The molecule has 1 aliphatic heterocycles. The summed E-state index contributed by atoms with van der Waals surface area (Å²) < 4.78 is 6.61. The molecule has 0 aromatic heterocycles. The van der Waals surface area contributed by atoms with Crippen LogP contribution in [0.3, 0.4) is 0 Å². The minimum Gasteiger partial charge on any atom is -0.457 e. The van der Waals surface area contributed by atoms with Crippen molar-refractivity contribution in [1.29, 1.82) is 0 Å². The highest BCUT2D eigenvalue weighted by atomic mass is 16.5. The van der Waals surface area contributed by atoms with Gasteiger partial charge in [-0.3, -0.25) is 0 Å². The Morgan fingerprint density at radius 1 is 0.269 bits per heavy atom. The number of nitrogens with zero attached hydrogens (tertiary/aromatic N) is 2. The minimum atomic E-state index is -0.642. The number of rotatable bonds is 8. The Hall–Kier alpha value is -6.84. The van der Waals surface area contributed by atoms with Crippen molar-refractivity contribution in [3.63, 3.8) is 0 Å². The van der Waals surface area contributed by atoms with Crippen LogP contribution in [0.1, 0.15) is 22.3 Å². The lowest BCUT2D eigenvalue weighted by atomic mass is 9.63. The second-order valence-electron chi connectivity index (χ2n) is 13.0. The molecule has 3 heteroatoms. The molecule has 0 saturated heterocycles. The van der Waals surface area contributed by atoms with E-state index in [4.69, 9.17) is 4.74 Å². The molecule has 0 spiro atoms. The summed E-state index contributed by atoms with van der Waals surface area (Å²) in [6.45, 7) is 0. The highest BCUT2D eigenvalue weighted by Gasteiger charge is 2.45. The molecule has 3 nitrogen and oxygen atoms in total. The third kappa shape index (κ3) is 5.40. The van der Waals surface area contributed by atoms with Crippen LogP contribution in [0.4, 0.5) is 34.1 Å². The number of para-hydroxylation sites is 6. The van der Waals surface area contributed by atoms with Crippen molar-refractivity contribution >= 4 is 34.1 Å². The lowest BCUT2D eigenvalue weighted by Crippen LogP contribution is -2.34. The molecule has 248 valence electrons. The van der Waals surface area contributed by atoms with Crippen molar-refractivity contribution in [3.8, 4) is 11.5 Å². The Labute approximate surface area is 305 Å². The molecule has 0 saturated carbocycles. The number of benzene rings is 8. The zero-order chi connectivity index (χ0) is 34.7. The van der Waals surface area contributed by atoms with Crippen LogP contribution in [0, 0.1) is 0 Å². The number of hydrogen-bond acceptors (Lipinski definition) is 3. The van der Waals surface area contributed by atoms with Gasteiger partial charge < -0.3 is 14.5 Å². The van der Waals surface area contributed by atoms with Crippen LogP contribution in [0.15, 0.2) is 218 Å². The molecule has 1 aliphatic rings. The van der Waals surface area contributed by atoms with E-state index in [9.17, 15) is 0 Å². The third-order valence-electron chi connectivity index (χ3n) is 9.98. The van der Waals surface area contributed by atoms with Gasteiger partial charge in [0.2, 0.25) is 0 Å². The smallest absolute Gasteiger partial charge is 0.132 e. The fraction of sp³-hybridized carbons (Fsp3) is 0.0204. The minimum absolute atomic E-state index is 0.642. The maximum absolute atomic E-state index is 6.61. The van der Waals surface area contributed by atoms with Gasteiger partial charge in [0, 0.05) is 45.3 Å². The highest BCUT2D eigenvalue weighted by molar-refractivity contribution is 5.79. The van der Waals surface area contributed by atoms with Gasteiger partial charge in [0.05, 0.1) is 5.41 Å². The van der Waals surface area contributed by atoms with E-state index in [-0.39, 0.29) is 0 Å². The number of ether oxygens (including phenoxy) is 1. The SMILES string of the molecule is c1ccc(N(c2ccccc2)c2ccc(C3(c4ccc(N(c5ccccc5)c5ccccc5)cc4)c4ccccc4Oc4ccccc43)cc2)cc1. The molecule has 0 unspecified atom stereocenters. The zero-order valence-corrected chi connectivity index (χ0v) is 28.6. The van der Waals surface area contributed by atoms with Crippen molar-refractivity contribution in [2.75, 3.05) is 9.80 Å². The molecule has 1 heterocycles. The van der Waals surface area contributed by atoms with Crippen molar-refractivity contribution in [2.45, 2.75) is 5.41 Å². The van der Waals surface area contributed by atoms with Crippen LogP contribution in [-0.2, 0) is 5.41 Å². The van der Waals surface area contributed by atoms with Gasteiger partial charge in [-0.05, 0) is 96.1 Å². The van der Waals surface area contributed by atoms with Crippen molar-refractivity contribution < 1.29 is 4.74 Å². The molecule has 8 aromatic carbocycles. The molecule has 52 heavy (non-hydrogen) atoms. The maximum atomic E-state index is 6.61. The first-order valence-corrected chi connectivity index (χ1v) is 17.7. The summed E-state index contributed by atoms with van der Waals surface area (Å²) in [4.78, 5) is 4.61. The first-order chi connectivity index (χ1) is 25.8. The Balaban J connectivity index is 1.23. The fourth-order valence-corrected chi connectivity index (χ4v) is 7.71. The van der Waals surface area contributed by atoms with E-state index in [2.05, 4.69) is 228 Å². The predicted molar refractivity (Wildman–Crippen MR) is 214 cm³/mol. The Morgan fingerprint density at radius 3 is 0.865 bits per heavy atom. The Kier molecular flexibility index (Phi) is 8.07. The number of fused-ring (bicyclic) bond motifs is 2. The topological polar surface area (TPSA) is 15.7 Å². The quantitative estimate of drug-likeness (QED) is 0.160. The molecule has 0 fully saturated rings. The molecule has 8 aromatic rings. The van der Waals surface area contributed by atoms with E-state index in [0.717, 1.165) is 67.9 Å². The summed E-state index contributed by atoms with van der Waals surface area (Å²) in [5, 5.41) is 0. The van der Waals surface area contributed by atoms with E-state index in [1.54, 1.807) is 0 Å². The zero-order valence-electron chi connectivity index (χ0n) is 28.6. The highest BCUT2D eigenvalue weighted by Crippen LogP contribution is 2.55. The molecule has 9 rings (SSSR count). The summed E-state index contributed by atoms with van der Waals surface area (Å²) in [7, 11) is 0. The molecule has 0 aliphatic carbocycles. The molecule has 0 N–H and O–H groups in total. The van der Waals surface area contributed by atoms with Gasteiger partial charge in [0.25, 0.3) is 0 Å². The molecule has 0 bridgehead atoms. The fourth-order valence-electron chi connectivity index (χ4n) is 7.71. The first-order valence-electron chi connectivity index (χ1n) is 17.7. The standard InChI is InChI=1S/C49H36N2O/c1-5-17-39(18-6-1)50(40-19-7-2-8-20-40)43-33-29-37(30-34-43)49(45-25-13-15-27-47(45)52-48-28-16-14-26-46(48)49)38-31-35-44(36-32-38)51(41-21-9-3-10-22-41)42-23-11-4-12-24-42/h1-36H. The predicted octanol–water partition coefficient (Wildman–Crippen LogP) is 13.1. The van der Waals surface area contributed by atoms with Crippen molar-refractivity contribution in [3.05, 3.63) is 241 Å². The molecular weight excluding hydrogens is 633 g/mol. The Bertz CT molecular complexity index is 2160. The lowest BCUT2D eigenvalue weighted by molar-refractivity contribution is 0.434. The molecule has 0 amide bonds. The largest absolute Gasteiger partial charge is 0.457 e. The van der Waals surface area contributed by atoms with Crippen LogP contribution in [0.2, 0.25) is 0 Å². The van der Waals surface area contributed by atoms with Gasteiger partial charge in [-0.1, -0.05) is 133 Å². The van der Waals surface area contributed by atoms with Crippen LogP contribution in [0.25, 0.3) is 0 Å². The van der Waals surface area contributed by atoms with Crippen LogP contribution < -0.4 is 14.5 Å². The average Bonchev–Trinajstić information content (AvgIpc) is 3.22. The van der Waals surface area contributed by atoms with Gasteiger partial charge in [-0.15, -0.1) is 0 Å².